The van der Waals surface area contributed by atoms with E-state index in [0.29, 0.717) is 38.3 Å². The van der Waals surface area contributed by atoms with Crippen molar-refractivity contribution < 1.29 is 31.9 Å². The van der Waals surface area contributed by atoms with Crippen molar-refractivity contribution in [1.29, 1.82) is 0 Å². The van der Waals surface area contributed by atoms with E-state index < -0.39 is 29.4 Å². The van der Waals surface area contributed by atoms with Crippen molar-refractivity contribution in [3.05, 3.63) is 59.9 Å². The number of alkyl halides is 3. The van der Waals surface area contributed by atoms with Crippen LogP contribution in [0.1, 0.15) is 18.4 Å². The number of carbonyl (C=O) groups excluding carboxylic acids is 3. The van der Waals surface area contributed by atoms with Crippen LogP contribution in [-0.2, 0) is 20.6 Å². The van der Waals surface area contributed by atoms with Crippen LogP contribution in [-0.4, -0.2) is 66.8 Å². The van der Waals surface area contributed by atoms with Gasteiger partial charge in [0.25, 0.3) is 0 Å². The maximum absolute atomic E-state index is 13.2. The third kappa shape index (κ3) is 6.01. The van der Waals surface area contributed by atoms with E-state index in [4.69, 9.17) is 0 Å². The van der Waals surface area contributed by atoms with Gasteiger partial charge in [-0.15, -0.1) is 0 Å². The first-order chi connectivity index (χ1) is 17.1. The zero-order valence-corrected chi connectivity index (χ0v) is 19.4. The normalized spacial score (nSPS) is 19.3. The fraction of sp³-hybridized carbons (Fsp3) is 0.400. The number of rotatable bonds is 5. The van der Waals surface area contributed by atoms with E-state index in [1.807, 2.05) is 0 Å². The van der Waals surface area contributed by atoms with Crippen molar-refractivity contribution in [3.8, 4) is 0 Å². The molecule has 36 heavy (non-hydrogen) atoms. The first kappa shape index (κ1) is 25.6. The molecule has 192 valence electrons. The van der Waals surface area contributed by atoms with E-state index in [1.54, 1.807) is 9.80 Å². The third-order valence-corrected chi connectivity index (χ3v) is 6.39. The number of nitrogens with one attached hydrogen (secondary N) is 1. The minimum atomic E-state index is -4.58. The number of para-hydroxylation sites is 1. The van der Waals surface area contributed by atoms with Crippen LogP contribution in [0.4, 0.5) is 28.9 Å². The predicted octanol–water partition coefficient (Wildman–Crippen LogP) is 3.37. The van der Waals surface area contributed by atoms with Crippen molar-refractivity contribution in [2.24, 2.45) is 5.92 Å². The summed E-state index contributed by atoms with van der Waals surface area (Å²) in [5.41, 5.74) is -0.665. The molecule has 2 aliphatic heterocycles. The molecule has 4 rings (SSSR count). The largest absolute Gasteiger partial charge is 0.418 e. The fourth-order valence-electron chi connectivity index (χ4n) is 4.58. The number of hydrogen-bond acceptors (Lipinski definition) is 4. The highest BCUT2D eigenvalue weighted by atomic mass is 19.4. The monoisotopic (exact) mass is 506 g/mol. The Balaban J connectivity index is 1.31. The fourth-order valence-corrected chi connectivity index (χ4v) is 4.58. The van der Waals surface area contributed by atoms with E-state index >= 15 is 0 Å². The molecule has 3 amide bonds. The molecule has 2 heterocycles. The Morgan fingerprint density at radius 2 is 1.69 bits per heavy atom. The molecule has 2 saturated heterocycles. The second kappa shape index (κ2) is 10.7. The van der Waals surface area contributed by atoms with Crippen LogP contribution in [0.5, 0.6) is 0 Å². The average molecular weight is 507 g/mol. The molecule has 1 unspecified atom stereocenters. The molecule has 0 spiro atoms. The summed E-state index contributed by atoms with van der Waals surface area (Å²) in [6.45, 7) is 1.78. The standard InChI is InChI=1S/C25H26F4N4O3/c26-18-6-8-19(9-7-18)33-15-17(14-23(33)35)24(36)32-11-3-10-31(12-13-32)16-22(34)30-21-5-2-1-4-20(21)25(27,28)29/h1-2,4-9,17H,3,10-16H2,(H,30,34). The van der Waals surface area contributed by atoms with Gasteiger partial charge in [-0.1, -0.05) is 12.1 Å². The van der Waals surface area contributed by atoms with Gasteiger partial charge in [-0.2, -0.15) is 13.2 Å². The van der Waals surface area contributed by atoms with Gasteiger partial charge in [0, 0.05) is 44.8 Å². The van der Waals surface area contributed by atoms with Crippen molar-refractivity contribution in [2.45, 2.75) is 19.0 Å². The Hall–Kier alpha value is -3.47. The maximum Gasteiger partial charge on any atom is 0.418 e. The lowest BCUT2D eigenvalue weighted by Gasteiger charge is -2.24. The second-order valence-electron chi connectivity index (χ2n) is 8.93. The quantitative estimate of drug-likeness (QED) is 0.632. The number of carbonyl (C=O) groups is 3. The van der Waals surface area contributed by atoms with Crippen molar-refractivity contribution in [2.75, 3.05) is 49.5 Å². The van der Waals surface area contributed by atoms with Gasteiger partial charge in [0.15, 0.2) is 0 Å². The van der Waals surface area contributed by atoms with Crippen molar-refractivity contribution >= 4 is 29.1 Å². The summed E-state index contributed by atoms with van der Waals surface area (Å²) < 4.78 is 52.7. The molecule has 2 aromatic carbocycles. The second-order valence-corrected chi connectivity index (χ2v) is 8.93. The van der Waals surface area contributed by atoms with Crippen LogP contribution in [0.3, 0.4) is 0 Å². The van der Waals surface area contributed by atoms with E-state index in [0.717, 1.165) is 6.07 Å². The molecule has 0 bridgehead atoms. The molecule has 2 aromatic rings. The van der Waals surface area contributed by atoms with Gasteiger partial charge in [0.2, 0.25) is 17.7 Å². The van der Waals surface area contributed by atoms with Crippen LogP contribution in [0.15, 0.2) is 48.5 Å². The predicted molar refractivity (Wildman–Crippen MR) is 125 cm³/mol. The highest BCUT2D eigenvalue weighted by molar-refractivity contribution is 6.00. The molecule has 7 nitrogen and oxygen atoms in total. The highest BCUT2D eigenvalue weighted by Crippen LogP contribution is 2.34. The molecule has 0 aliphatic carbocycles. The molecule has 0 saturated carbocycles. The lowest BCUT2D eigenvalue weighted by atomic mass is 10.1. The summed E-state index contributed by atoms with van der Waals surface area (Å²) in [7, 11) is 0. The summed E-state index contributed by atoms with van der Waals surface area (Å²) in [6.07, 6.45) is -3.93. The van der Waals surface area contributed by atoms with Crippen LogP contribution < -0.4 is 10.2 Å². The number of amides is 3. The Morgan fingerprint density at radius 1 is 0.972 bits per heavy atom. The number of halogens is 4. The molecule has 1 N–H and O–H groups in total. The highest BCUT2D eigenvalue weighted by Gasteiger charge is 2.38. The minimum Gasteiger partial charge on any atom is -0.341 e. The summed E-state index contributed by atoms with van der Waals surface area (Å²) in [4.78, 5) is 43.0. The van der Waals surface area contributed by atoms with Gasteiger partial charge in [-0.05, 0) is 42.8 Å². The third-order valence-electron chi connectivity index (χ3n) is 6.39. The molecule has 11 heteroatoms. The number of benzene rings is 2. The van der Waals surface area contributed by atoms with Crippen LogP contribution in [0.2, 0.25) is 0 Å². The number of anilines is 2. The van der Waals surface area contributed by atoms with Crippen LogP contribution in [0, 0.1) is 11.7 Å². The maximum atomic E-state index is 13.2. The Kier molecular flexibility index (Phi) is 7.58. The summed E-state index contributed by atoms with van der Waals surface area (Å²) in [6, 6.07) is 10.3. The Bertz CT molecular complexity index is 1120. The first-order valence-electron chi connectivity index (χ1n) is 11.6. The molecular formula is C25H26F4N4O3. The van der Waals surface area contributed by atoms with Crippen LogP contribution in [0.25, 0.3) is 0 Å². The van der Waals surface area contributed by atoms with E-state index in [2.05, 4.69) is 5.32 Å². The van der Waals surface area contributed by atoms with Gasteiger partial charge in [-0.25, -0.2) is 4.39 Å². The van der Waals surface area contributed by atoms with E-state index in [9.17, 15) is 31.9 Å². The van der Waals surface area contributed by atoms with Crippen molar-refractivity contribution in [3.63, 3.8) is 0 Å². The first-order valence-corrected chi connectivity index (χ1v) is 11.6. The molecule has 0 aromatic heterocycles. The minimum absolute atomic E-state index is 0.0669. The van der Waals surface area contributed by atoms with E-state index in [-0.39, 0.29) is 37.0 Å². The lowest BCUT2D eigenvalue weighted by Crippen LogP contribution is -2.41. The van der Waals surface area contributed by atoms with E-state index in [1.165, 1.54) is 47.4 Å². The molecule has 1 atom stereocenters. The number of hydrogen-bond donors (Lipinski definition) is 1. The molecular weight excluding hydrogens is 480 g/mol. The van der Waals surface area contributed by atoms with Crippen LogP contribution >= 0.6 is 0 Å². The average Bonchev–Trinajstić information content (AvgIpc) is 3.06. The van der Waals surface area contributed by atoms with Gasteiger partial charge >= 0.3 is 6.18 Å². The van der Waals surface area contributed by atoms with Gasteiger partial charge in [0.05, 0.1) is 23.7 Å². The number of nitrogens with zero attached hydrogens (tertiary/aromatic N) is 3. The summed E-state index contributed by atoms with van der Waals surface area (Å²) >= 11 is 0. The molecule has 2 fully saturated rings. The Morgan fingerprint density at radius 3 is 2.42 bits per heavy atom. The lowest BCUT2D eigenvalue weighted by molar-refractivity contribution is -0.137. The smallest absolute Gasteiger partial charge is 0.341 e. The summed E-state index contributed by atoms with van der Waals surface area (Å²) in [5, 5.41) is 2.34. The topological polar surface area (TPSA) is 73.0 Å². The van der Waals surface area contributed by atoms with Gasteiger partial charge in [-0.3, -0.25) is 19.3 Å². The van der Waals surface area contributed by atoms with Gasteiger partial charge < -0.3 is 15.1 Å². The molecule has 2 aliphatic rings. The zero-order valence-electron chi connectivity index (χ0n) is 19.4. The van der Waals surface area contributed by atoms with Crippen molar-refractivity contribution in [1.82, 2.24) is 9.80 Å². The Labute approximate surface area is 205 Å². The van der Waals surface area contributed by atoms with Gasteiger partial charge in [0.1, 0.15) is 5.82 Å². The summed E-state index contributed by atoms with van der Waals surface area (Å²) in [5.74, 6) is -1.85. The molecule has 0 radical (unpaired) electrons. The zero-order chi connectivity index (χ0) is 25.9. The SMILES string of the molecule is O=C(CN1CCCN(C(=O)C2CC(=O)N(c3ccc(F)cc3)C2)CC1)Nc1ccccc1C(F)(F)F.